The number of nitrogens with zero attached hydrogens (tertiary/aromatic N) is 1. The first-order valence-electron chi connectivity index (χ1n) is 14.0. The Kier molecular flexibility index (Phi) is 8.60. The van der Waals surface area contributed by atoms with Crippen molar-refractivity contribution in [1.29, 1.82) is 0 Å². The van der Waals surface area contributed by atoms with Crippen molar-refractivity contribution in [2.24, 2.45) is 5.41 Å². The molecule has 0 amide bonds. The highest BCUT2D eigenvalue weighted by Gasteiger charge is 2.43. The number of sulfonamides is 1. The van der Waals surface area contributed by atoms with Gasteiger partial charge in [-0.3, -0.25) is 4.90 Å². The minimum Gasteiger partial charge on any atom is -0.493 e. The third-order valence-corrected chi connectivity index (χ3v) is 9.82. The van der Waals surface area contributed by atoms with E-state index in [2.05, 4.69) is 52.9 Å². The Hall–Kier alpha value is -2.87. The van der Waals surface area contributed by atoms with Gasteiger partial charge >= 0.3 is 0 Å². The molecule has 1 heterocycles. The van der Waals surface area contributed by atoms with Crippen molar-refractivity contribution in [1.82, 2.24) is 9.62 Å². The van der Waals surface area contributed by atoms with Crippen LogP contribution in [0.1, 0.15) is 56.1 Å². The number of hydrogen-bond acceptors (Lipinski definition) is 5. The number of methoxy groups -OCH3 is 1. The highest BCUT2D eigenvalue weighted by Crippen LogP contribution is 2.47. The standard InChI is InChI=1S/C32H40N2O4S/c1-32(19-20-33-39(35,36)28-15-7-4-8-16-28)24-34(22-25-11-5-3-6-12-25)23-29(32)26-17-18-30(37-2)31(21-26)38-27-13-9-10-14-27/h3-8,11-12,15-18,21,27,29,33H,9-10,13-14,19-20,22-24H2,1-2H3/t29-,32+/m0/s1. The van der Waals surface area contributed by atoms with Crippen LogP contribution in [0.15, 0.2) is 83.8 Å². The van der Waals surface area contributed by atoms with E-state index in [1.54, 1.807) is 31.4 Å². The number of ether oxygens (including phenoxy) is 2. The second-order valence-electron chi connectivity index (χ2n) is 11.3. The van der Waals surface area contributed by atoms with Gasteiger partial charge in [-0.1, -0.05) is 61.5 Å². The van der Waals surface area contributed by atoms with Crippen LogP contribution in [0, 0.1) is 5.41 Å². The number of rotatable bonds is 11. The fourth-order valence-electron chi connectivity index (χ4n) is 6.23. The molecule has 2 aliphatic rings. The Bertz CT molecular complexity index is 1330. The number of likely N-dealkylation sites (tertiary alicyclic amines) is 1. The largest absolute Gasteiger partial charge is 0.493 e. The van der Waals surface area contributed by atoms with Crippen LogP contribution in [0.5, 0.6) is 11.5 Å². The summed E-state index contributed by atoms with van der Waals surface area (Å²) in [6.07, 6.45) is 5.55. The van der Waals surface area contributed by atoms with E-state index in [-0.39, 0.29) is 17.4 Å². The molecule has 1 saturated carbocycles. The Labute approximate surface area is 233 Å². The fourth-order valence-corrected chi connectivity index (χ4v) is 7.28. The molecule has 1 N–H and O–H groups in total. The molecule has 0 aromatic heterocycles. The monoisotopic (exact) mass is 548 g/mol. The molecule has 1 saturated heterocycles. The Morgan fingerprint density at radius 2 is 1.64 bits per heavy atom. The van der Waals surface area contributed by atoms with Gasteiger partial charge in [0, 0.05) is 32.1 Å². The summed E-state index contributed by atoms with van der Waals surface area (Å²) in [5.74, 6) is 1.80. The lowest BCUT2D eigenvalue weighted by Crippen LogP contribution is -2.33. The highest BCUT2D eigenvalue weighted by atomic mass is 32.2. The van der Waals surface area contributed by atoms with Gasteiger partial charge in [0.2, 0.25) is 10.0 Å². The van der Waals surface area contributed by atoms with E-state index in [4.69, 9.17) is 9.47 Å². The lowest BCUT2D eigenvalue weighted by Gasteiger charge is -2.32. The zero-order chi connectivity index (χ0) is 27.3. The molecule has 3 aromatic rings. The molecule has 208 valence electrons. The summed E-state index contributed by atoms with van der Waals surface area (Å²) in [6, 6.07) is 25.5. The van der Waals surface area contributed by atoms with Crippen LogP contribution in [0.2, 0.25) is 0 Å². The molecule has 0 radical (unpaired) electrons. The maximum atomic E-state index is 12.9. The predicted molar refractivity (Wildman–Crippen MR) is 155 cm³/mol. The maximum absolute atomic E-state index is 12.9. The normalized spacial score (nSPS) is 22.3. The summed E-state index contributed by atoms with van der Waals surface area (Å²) < 4.78 is 40.7. The topological polar surface area (TPSA) is 67.9 Å². The third kappa shape index (κ3) is 6.65. The van der Waals surface area contributed by atoms with Crippen molar-refractivity contribution in [3.8, 4) is 11.5 Å². The molecular weight excluding hydrogens is 508 g/mol. The van der Waals surface area contributed by atoms with Crippen molar-refractivity contribution in [3.05, 3.63) is 90.0 Å². The SMILES string of the molecule is COc1ccc([C@@H]2CN(Cc3ccccc3)C[C@@]2(C)CCNS(=O)(=O)c2ccccc2)cc1OC1CCCC1. The fraction of sp³-hybridized carbons (Fsp3) is 0.438. The van der Waals surface area contributed by atoms with Crippen LogP contribution in [0.3, 0.4) is 0 Å². The summed E-state index contributed by atoms with van der Waals surface area (Å²) in [6.45, 7) is 5.31. The van der Waals surface area contributed by atoms with E-state index in [0.29, 0.717) is 11.4 Å². The average Bonchev–Trinajstić information content (AvgIpc) is 3.57. The van der Waals surface area contributed by atoms with E-state index in [1.807, 2.05) is 18.2 Å². The second kappa shape index (κ2) is 12.1. The van der Waals surface area contributed by atoms with E-state index in [1.165, 1.54) is 24.0 Å². The van der Waals surface area contributed by atoms with Crippen LogP contribution < -0.4 is 14.2 Å². The molecule has 2 fully saturated rings. The second-order valence-corrected chi connectivity index (χ2v) is 13.0. The first kappa shape index (κ1) is 27.7. The lowest BCUT2D eigenvalue weighted by molar-refractivity contribution is 0.200. The van der Waals surface area contributed by atoms with Gasteiger partial charge < -0.3 is 9.47 Å². The van der Waals surface area contributed by atoms with Gasteiger partial charge in [0.15, 0.2) is 11.5 Å². The van der Waals surface area contributed by atoms with Gasteiger partial charge in [-0.15, -0.1) is 0 Å². The maximum Gasteiger partial charge on any atom is 0.240 e. The molecule has 0 unspecified atom stereocenters. The van der Waals surface area contributed by atoms with Crippen LogP contribution in [-0.4, -0.2) is 46.2 Å². The minimum absolute atomic E-state index is 0.132. The van der Waals surface area contributed by atoms with E-state index in [9.17, 15) is 8.42 Å². The summed E-state index contributed by atoms with van der Waals surface area (Å²) in [7, 11) is -1.86. The molecule has 2 atom stereocenters. The van der Waals surface area contributed by atoms with Crippen LogP contribution in [0.4, 0.5) is 0 Å². The molecule has 3 aromatic carbocycles. The Morgan fingerprint density at radius 1 is 0.949 bits per heavy atom. The van der Waals surface area contributed by atoms with Crippen molar-refractivity contribution in [3.63, 3.8) is 0 Å². The summed E-state index contributed by atoms with van der Waals surface area (Å²) in [5.41, 5.74) is 2.37. The number of nitrogens with one attached hydrogen (secondary N) is 1. The summed E-state index contributed by atoms with van der Waals surface area (Å²) in [4.78, 5) is 2.79. The van der Waals surface area contributed by atoms with Crippen molar-refractivity contribution >= 4 is 10.0 Å². The quantitative estimate of drug-likeness (QED) is 0.319. The predicted octanol–water partition coefficient (Wildman–Crippen LogP) is 5.99. The highest BCUT2D eigenvalue weighted by molar-refractivity contribution is 7.89. The Morgan fingerprint density at radius 3 is 2.33 bits per heavy atom. The molecule has 39 heavy (non-hydrogen) atoms. The molecule has 5 rings (SSSR count). The van der Waals surface area contributed by atoms with E-state index in [0.717, 1.165) is 50.4 Å². The van der Waals surface area contributed by atoms with Gasteiger partial charge in [0.1, 0.15) is 0 Å². The number of hydrogen-bond donors (Lipinski definition) is 1. The first-order chi connectivity index (χ1) is 18.9. The zero-order valence-electron chi connectivity index (χ0n) is 23.0. The van der Waals surface area contributed by atoms with Gasteiger partial charge in [-0.2, -0.15) is 0 Å². The van der Waals surface area contributed by atoms with Gasteiger partial charge in [-0.05, 0) is 72.9 Å². The molecule has 7 heteroatoms. The van der Waals surface area contributed by atoms with Crippen LogP contribution in [-0.2, 0) is 16.6 Å². The molecule has 0 bridgehead atoms. The van der Waals surface area contributed by atoms with Gasteiger partial charge in [0.25, 0.3) is 0 Å². The van der Waals surface area contributed by atoms with Gasteiger partial charge in [-0.25, -0.2) is 13.1 Å². The van der Waals surface area contributed by atoms with E-state index >= 15 is 0 Å². The third-order valence-electron chi connectivity index (χ3n) is 8.34. The molecule has 1 aliphatic carbocycles. The van der Waals surface area contributed by atoms with Crippen LogP contribution in [0.25, 0.3) is 0 Å². The van der Waals surface area contributed by atoms with Crippen molar-refractivity contribution < 1.29 is 17.9 Å². The zero-order valence-corrected chi connectivity index (χ0v) is 23.8. The minimum atomic E-state index is -3.55. The smallest absolute Gasteiger partial charge is 0.240 e. The first-order valence-corrected chi connectivity index (χ1v) is 15.5. The number of benzene rings is 3. The molecule has 1 aliphatic heterocycles. The van der Waals surface area contributed by atoms with Crippen molar-refractivity contribution in [2.45, 2.75) is 62.5 Å². The summed E-state index contributed by atoms with van der Waals surface area (Å²) in [5, 5.41) is 0. The summed E-state index contributed by atoms with van der Waals surface area (Å²) >= 11 is 0. The van der Waals surface area contributed by atoms with Gasteiger partial charge in [0.05, 0.1) is 18.1 Å². The molecular formula is C32H40N2O4S. The van der Waals surface area contributed by atoms with E-state index < -0.39 is 10.0 Å². The molecule has 6 nitrogen and oxygen atoms in total. The lowest BCUT2D eigenvalue weighted by atomic mass is 9.74. The molecule has 0 spiro atoms. The van der Waals surface area contributed by atoms with Crippen molar-refractivity contribution in [2.75, 3.05) is 26.7 Å². The average molecular weight is 549 g/mol. The Balaban J connectivity index is 1.37. The van der Waals surface area contributed by atoms with Crippen LogP contribution >= 0.6 is 0 Å².